The van der Waals surface area contributed by atoms with Crippen molar-refractivity contribution in [3.05, 3.63) is 95.6 Å². The van der Waals surface area contributed by atoms with Crippen molar-refractivity contribution >= 4 is 6.08 Å². The molecule has 0 atom stereocenters. The third-order valence-electron chi connectivity index (χ3n) is 3.67. The van der Waals surface area contributed by atoms with Gasteiger partial charge < -0.3 is 4.57 Å². The normalized spacial score (nSPS) is 10.7. The third-order valence-corrected chi connectivity index (χ3v) is 3.67. The number of benzene rings is 2. The molecule has 3 heteroatoms. The minimum atomic E-state index is 0.686. The van der Waals surface area contributed by atoms with E-state index in [2.05, 4.69) is 39.9 Å². The van der Waals surface area contributed by atoms with E-state index < -0.39 is 0 Å². The molecule has 0 aliphatic heterocycles. The highest BCUT2D eigenvalue weighted by molar-refractivity contribution is 5.49. The van der Waals surface area contributed by atoms with Gasteiger partial charge in [-0.25, -0.2) is 4.98 Å². The Hall–Kier alpha value is -3.12. The second-order valence-corrected chi connectivity index (χ2v) is 5.34. The third kappa shape index (κ3) is 3.96. The molecule has 2 aromatic carbocycles. The Morgan fingerprint density at radius 1 is 1.04 bits per heavy atom. The van der Waals surface area contributed by atoms with Gasteiger partial charge >= 0.3 is 0 Å². The zero-order valence-corrected chi connectivity index (χ0v) is 12.8. The summed E-state index contributed by atoms with van der Waals surface area (Å²) in [5.74, 6) is 0. The number of hydrogen-bond donors (Lipinski definition) is 0. The van der Waals surface area contributed by atoms with Gasteiger partial charge in [-0.1, -0.05) is 54.6 Å². The first kappa shape index (κ1) is 14.8. The molecule has 0 bridgehead atoms. The maximum absolute atomic E-state index is 8.85. The van der Waals surface area contributed by atoms with Crippen LogP contribution in [0.3, 0.4) is 0 Å². The molecule has 0 radical (unpaired) electrons. The number of allylic oxidation sites excluding steroid dienone is 1. The molecule has 0 spiro atoms. The lowest BCUT2D eigenvalue weighted by Gasteiger charge is -2.07. The Kier molecular flexibility index (Phi) is 4.66. The summed E-state index contributed by atoms with van der Waals surface area (Å²) in [6, 6.07) is 20.1. The maximum atomic E-state index is 8.85. The lowest BCUT2D eigenvalue weighted by Crippen LogP contribution is -2.02. The van der Waals surface area contributed by atoms with Gasteiger partial charge in [0.15, 0.2) is 0 Å². The summed E-state index contributed by atoms with van der Waals surface area (Å²) < 4.78 is 2.14. The smallest absolute Gasteiger partial charge is 0.0991 e. The molecule has 0 saturated heterocycles. The zero-order chi connectivity index (χ0) is 15.9. The van der Waals surface area contributed by atoms with Crippen LogP contribution in [0.1, 0.15) is 22.4 Å². The van der Waals surface area contributed by atoms with Crippen molar-refractivity contribution in [2.24, 2.45) is 0 Å². The molecule has 0 fully saturated rings. The molecule has 1 aromatic heterocycles. The van der Waals surface area contributed by atoms with Crippen LogP contribution in [-0.2, 0) is 13.0 Å². The van der Waals surface area contributed by atoms with Crippen LogP contribution in [0.25, 0.3) is 6.08 Å². The second kappa shape index (κ2) is 7.24. The summed E-state index contributed by atoms with van der Waals surface area (Å²) in [6.07, 6.45) is 8.87. The number of rotatable bonds is 5. The van der Waals surface area contributed by atoms with Gasteiger partial charge in [0.05, 0.1) is 18.0 Å². The van der Waals surface area contributed by atoms with Gasteiger partial charge in [0.25, 0.3) is 0 Å². The van der Waals surface area contributed by atoms with Crippen molar-refractivity contribution in [2.75, 3.05) is 0 Å². The van der Waals surface area contributed by atoms with Crippen molar-refractivity contribution in [3.8, 4) is 6.07 Å². The van der Waals surface area contributed by atoms with Gasteiger partial charge in [0.2, 0.25) is 0 Å². The first-order chi connectivity index (χ1) is 11.3. The Bertz CT molecular complexity index is 821. The molecule has 0 amide bonds. The molecule has 1 heterocycles. The summed E-state index contributed by atoms with van der Waals surface area (Å²) in [6.45, 7) is 0.764. The second-order valence-electron chi connectivity index (χ2n) is 5.34. The number of hydrogen-bond acceptors (Lipinski definition) is 2. The van der Waals surface area contributed by atoms with Crippen LogP contribution >= 0.6 is 0 Å². The molecule has 112 valence electrons. The van der Waals surface area contributed by atoms with E-state index in [9.17, 15) is 0 Å². The summed E-state index contributed by atoms with van der Waals surface area (Å²) in [7, 11) is 0. The number of nitrogens with zero attached hydrogens (tertiary/aromatic N) is 3. The Morgan fingerprint density at radius 2 is 1.83 bits per heavy atom. The van der Waals surface area contributed by atoms with Crippen molar-refractivity contribution in [2.45, 2.75) is 13.0 Å². The fourth-order valence-electron chi connectivity index (χ4n) is 2.42. The standard InChI is InChI=1S/C20H17N3/c21-13-18-9-11-19(12-10-18)15-23-16-22-14-20(23)8-4-7-17-5-2-1-3-6-17/h1-7,9-12,14,16H,8,15H2. The predicted molar refractivity (Wildman–Crippen MR) is 91.7 cm³/mol. The minimum Gasteiger partial charge on any atom is -0.330 e. The SMILES string of the molecule is N#Cc1ccc(Cn2cncc2CC=Cc2ccccc2)cc1. The molecular formula is C20H17N3. The highest BCUT2D eigenvalue weighted by atomic mass is 15.0. The first-order valence-corrected chi connectivity index (χ1v) is 7.55. The lowest BCUT2D eigenvalue weighted by molar-refractivity contribution is 0.757. The van der Waals surface area contributed by atoms with E-state index in [1.165, 1.54) is 11.3 Å². The Balaban J connectivity index is 1.67. The predicted octanol–water partition coefficient (Wildman–Crippen LogP) is 4.06. The molecule has 0 saturated carbocycles. The summed E-state index contributed by atoms with van der Waals surface area (Å²) in [5.41, 5.74) is 4.22. The molecule has 3 aromatic rings. The van der Waals surface area contributed by atoms with Crippen molar-refractivity contribution in [1.29, 1.82) is 5.26 Å². The zero-order valence-electron chi connectivity index (χ0n) is 12.8. The summed E-state index contributed by atoms with van der Waals surface area (Å²) in [4.78, 5) is 4.25. The van der Waals surface area contributed by atoms with Gasteiger partial charge in [0, 0.05) is 24.9 Å². The Labute approximate surface area is 136 Å². The monoisotopic (exact) mass is 299 g/mol. The lowest BCUT2D eigenvalue weighted by atomic mass is 10.1. The van der Waals surface area contributed by atoms with Crippen LogP contribution in [-0.4, -0.2) is 9.55 Å². The molecule has 23 heavy (non-hydrogen) atoms. The number of imidazole rings is 1. The molecule has 0 aliphatic rings. The van der Waals surface area contributed by atoms with E-state index in [4.69, 9.17) is 5.26 Å². The largest absolute Gasteiger partial charge is 0.330 e. The summed E-state index contributed by atoms with van der Waals surface area (Å²) in [5, 5.41) is 8.85. The van der Waals surface area contributed by atoms with Crippen molar-refractivity contribution in [1.82, 2.24) is 9.55 Å². The van der Waals surface area contributed by atoms with Crippen LogP contribution in [0.15, 0.2) is 73.2 Å². The van der Waals surface area contributed by atoms with E-state index in [1.807, 2.05) is 55.0 Å². The van der Waals surface area contributed by atoms with E-state index in [0.29, 0.717) is 5.56 Å². The maximum Gasteiger partial charge on any atom is 0.0991 e. The van der Waals surface area contributed by atoms with Crippen molar-refractivity contribution < 1.29 is 0 Å². The van der Waals surface area contributed by atoms with E-state index >= 15 is 0 Å². The molecule has 3 nitrogen and oxygen atoms in total. The minimum absolute atomic E-state index is 0.686. The van der Waals surface area contributed by atoms with Crippen LogP contribution in [0.2, 0.25) is 0 Å². The van der Waals surface area contributed by atoms with Gasteiger partial charge in [-0.15, -0.1) is 0 Å². The van der Waals surface area contributed by atoms with Crippen LogP contribution < -0.4 is 0 Å². The van der Waals surface area contributed by atoms with E-state index in [0.717, 1.165) is 18.5 Å². The number of nitriles is 1. The first-order valence-electron chi connectivity index (χ1n) is 7.55. The van der Waals surface area contributed by atoms with E-state index in [-0.39, 0.29) is 0 Å². The van der Waals surface area contributed by atoms with Crippen molar-refractivity contribution in [3.63, 3.8) is 0 Å². The fourth-order valence-corrected chi connectivity index (χ4v) is 2.42. The topological polar surface area (TPSA) is 41.6 Å². The molecule has 3 rings (SSSR count). The van der Waals surface area contributed by atoms with Crippen LogP contribution in [0.5, 0.6) is 0 Å². The van der Waals surface area contributed by atoms with Gasteiger partial charge in [-0.05, 0) is 23.3 Å². The molecule has 0 unspecified atom stereocenters. The average molecular weight is 299 g/mol. The average Bonchev–Trinajstić information content (AvgIpc) is 3.04. The molecule has 0 aliphatic carbocycles. The molecular weight excluding hydrogens is 282 g/mol. The van der Waals surface area contributed by atoms with E-state index in [1.54, 1.807) is 0 Å². The van der Waals surface area contributed by atoms with Crippen LogP contribution in [0, 0.1) is 11.3 Å². The Morgan fingerprint density at radius 3 is 2.57 bits per heavy atom. The highest BCUT2D eigenvalue weighted by Crippen LogP contribution is 2.10. The number of aromatic nitrogens is 2. The summed E-state index contributed by atoms with van der Waals surface area (Å²) >= 11 is 0. The van der Waals surface area contributed by atoms with Gasteiger partial charge in [0.1, 0.15) is 0 Å². The van der Waals surface area contributed by atoms with Crippen LogP contribution in [0.4, 0.5) is 0 Å². The molecule has 0 N–H and O–H groups in total. The quantitative estimate of drug-likeness (QED) is 0.713. The van der Waals surface area contributed by atoms with Gasteiger partial charge in [-0.3, -0.25) is 0 Å². The highest BCUT2D eigenvalue weighted by Gasteiger charge is 2.02. The van der Waals surface area contributed by atoms with Gasteiger partial charge in [-0.2, -0.15) is 5.26 Å². The fraction of sp³-hybridized carbons (Fsp3) is 0.100.